The lowest BCUT2D eigenvalue weighted by Gasteiger charge is -2.10. The number of rotatable bonds is 6. The van der Waals surface area contributed by atoms with Crippen LogP contribution in [0.25, 0.3) is 0 Å². The van der Waals surface area contributed by atoms with Crippen molar-refractivity contribution in [2.24, 2.45) is 0 Å². The van der Waals surface area contributed by atoms with Crippen molar-refractivity contribution in [3.63, 3.8) is 0 Å². The molecule has 2 aromatic heterocycles. The van der Waals surface area contributed by atoms with Gasteiger partial charge in [-0.1, -0.05) is 23.7 Å². The zero-order chi connectivity index (χ0) is 21.2. The summed E-state index contributed by atoms with van der Waals surface area (Å²) in [6, 6.07) is 5.11. The van der Waals surface area contributed by atoms with E-state index >= 15 is 0 Å². The van der Waals surface area contributed by atoms with Gasteiger partial charge in [-0.25, -0.2) is 0 Å². The highest BCUT2D eigenvalue weighted by Gasteiger charge is 2.30. The van der Waals surface area contributed by atoms with Gasteiger partial charge in [0.25, 0.3) is 0 Å². The first-order valence-corrected chi connectivity index (χ1v) is 9.19. The number of halogens is 4. The van der Waals surface area contributed by atoms with Crippen LogP contribution in [0, 0.1) is 13.8 Å². The van der Waals surface area contributed by atoms with Crippen molar-refractivity contribution in [1.82, 2.24) is 19.6 Å². The number of hydrogen-bond acceptors (Lipinski definition) is 3. The lowest BCUT2D eigenvalue weighted by Crippen LogP contribution is -2.16. The Morgan fingerprint density at radius 2 is 2.03 bits per heavy atom. The van der Waals surface area contributed by atoms with E-state index in [0.29, 0.717) is 34.2 Å². The molecule has 0 atom stereocenters. The largest absolute Gasteiger partial charge is 0.416 e. The molecule has 0 saturated heterocycles. The average Bonchev–Trinajstić information content (AvgIpc) is 3.18. The molecular formula is C19H19ClF3N5O. The van der Waals surface area contributed by atoms with Crippen LogP contribution in [0.15, 0.2) is 36.7 Å². The summed E-state index contributed by atoms with van der Waals surface area (Å²) in [7, 11) is 0. The van der Waals surface area contributed by atoms with Gasteiger partial charge in [0, 0.05) is 19.2 Å². The van der Waals surface area contributed by atoms with E-state index in [4.69, 9.17) is 11.6 Å². The Labute approximate surface area is 170 Å². The van der Waals surface area contributed by atoms with Crippen LogP contribution in [-0.2, 0) is 24.1 Å². The van der Waals surface area contributed by atoms with Crippen molar-refractivity contribution in [2.45, 2.75) is 39.5 Å². The molecule has 0 aliphatic rings. The van der Waals surface area contributed by atoms with Crippen LogP contribution in [0.4, 0.5) is 18.9 Å². The summed E-state index contributed by atoms with van der Waals surface area (Å²) in [5.41, 5.74) is 1.57. The predicted molar refractivity (Wildman–Crippen MR) is 103 cm³/mol. The molecule has 0 fully saturated rings. The highest BCUT2D eigenvalue weighted by molar-refractivity contribution is 6.30. The third kappa shape index (κ3) is 5.17. The Balaban J connectivity index is 1.69. The quantitative estimate of drug-likeness (QED) is 0.634. The van der Waals surface area contributed by atoms with Gasteiger partial charge >= 0.3 is 6.18 Å². The second-order valence-corrected chi connectivity index (χ2v) is 7.06. The Hall–Kier alpha value is -2.81. The van der Waals surface area contributed by atoms with Crippen LogP contribution >= 0.6 is 11.6 Å². The fraction of sp³-hybridized carbons (Fsp3) is 0.316. The van der Waals surface area contributed by atoms with E-state index in [-0.39, 0.29) is 18.9 Å². The maximum atomic E-state index is 12.9. The molecule has 0 bridgehead atoms. The number of carbonyl (C=O) groups excluding carboxylic acids is 1. The van der Waals surface area contributed by atoms with Gasteiger partial charge in [0.2, 0.25) is 5.91 Å². The average molecular weight is 426 g/mol. The lowest BCUT2D eigenvalue weighted by molar-refractivity contribution is -0.137. The first-order valence-electron chi connectivity index (χ1n) is 8.81. The van der Waals surface area contributed by atoms with E-state index in [1.54, 1.807) is 35.5 Å². The zero-order valence-electron chi connectivity index (χ0n) is 15.8. The topological polar surface area (TPSA) is 64.7 Å². The van der Waals surface area contributed by atoms with Crippen LogP contribution in [0.5, 0.6) is 0 Å². The fourth-order valence-electron chi connectivity index (χ4n) is 2.93. The molecule has 0 unspecified atom stereocenters. The van der Waals surface area contributed by atoms with Crippen LogP contribution in [-0.4, -0.2) is 25.5 Å². The number of anilines is 1. The molecule has 0 aliphatic heterocycles. The molecule has 0 spiro atoms. The summed E-state index contributed by atoms with van der Waals surface area (Å²) in [6.45, 7) is 4.03. The van der Waals surface area contributed by atoms with E-state index in [0.717, 1.165) is 12.1 Å². The summed E-state index contributed by atoms with van der Waals surface area (Å²) in [4.78, 5) is 12.3. The van der Waals surface area contributed by atoms with E-state index in [1.165, 1.54) is 12.3 Å². The number of amides is 1. The van der Waals surface area contributed by atoms with Gasteiger partial charge < -0.3 is 5.32 Å². The van der Waals surface area contributed by atoms with Crippen molar-refractivity contribution < 1.29 is 18.0 Å². The molecule has 2 heterocycles. The minimum Gasteiger partial charge on any atom is -0.323 e. The molecule has 154 valence electrons. The summed E-state index contributed by atoms with van der Waals surface area (Å²) < 4.78 is 41.9. The number of benzene rings is 1. The molecule has 10 heteroatoms. The molecule has 1 N–H and O–H groups in total. The number of nitrogens with zero attached hydrogens (tertiary/aromatic N) is 4. The predicted octanol–water partition coefficient (Wildman–Crippen LogP) is 4.45. The van der Waals surface area contributed by atoms with Gasteiger partial charge in [-0.05, 0) is 31.5 Å². The van der Waals surface area contributed by atoms with Crippen molar-refractivity contribution in [1.29, 1.82) is 0 Å². The Morgan fingerprint density at radius 3 is 2.69 bits per heavy atom. The lowest BCUT2D eigenvalue weighted by atomic mass is 10.1. The van der Waals surface area contributed by atoms with Gasteiger partial charge in [-0.15, -0.1) is 0 Å². The molecular weight excluding hydrogens is 407 g/mol. The minimum atomic E-state index is -4.40. The minimum absolute atomic E-state index is 0.165. The highest BCUT2D eigenvalue weighted by Crippen LogP contribution is 2.30. The third-order valence-electron chi connectivity index (χ3n) is 4.40. The summed E-state index contributed by atoms with van der Waals surface area (Å²) in [5, 5.41) is 11.7. The standard InChI is InChI=1S/C19H19ClF3N5O/c1-12-18(25-17(29)6-7-27-11-16(20)9-24-27)13(2)28(26-12)10-14-4-3-5-15(8-14)19(21,22)23/h3-5,8-9,11H,6-7,10H2,1-2H3,(H,25,29). The number of aromatic nitrogens is 4. The first kappa shape index (κ1) is 20.9. The molecule has 0 radical (unpaired) electrons. The van der Waals surface area contributed by atoms with Crippen LogP contribution in [0.2, 0.25) is 5.02 Å². The molecule has 1 amide bonds. The molecule has 0 aliphatic carbocycles. The van der Waals surface area contributed by atoms with Gasteiger partial charge in [-0.3, -0.25) is 14.2 Å². The van der Waals surface area contributed by atoms with Crippen molar-refractivity contribution in [2.75, 3.05) is 5.32 Å². The van der Waals surface area contributed by atoms with Gasteiger partial charge in [-0.2, -0.15) is 23.4 Å². The fourth-order valence-corrected chi connectivity index (χ4v) is 3.09. The van der Waals surface area contributed by atoms with E-state index in [2.05, 4.69) is 15.5 Å². The highest BCUT2D eigenvalue weighted by atomic mass is 35.5. The Morgan fingerprint density at radius 1 is 1.28 bits per heavy atom. The molecule has 0 saturated carbocycles. The van der Waals surface area contributed by atoms with Gasteiger partial charge in [0.15, 0.2) is 0 Å². The van der Waals surface area contributed by atoms with Gasteiger partial charge in [0.1, 0.15) is 0 Å². The maximum Gasteiger partial charge on any atom is 0.416 e. The molecule has 6 nitrogen and oxygen atoms in total. The first-order chi connectivity index (χ1) is 13.6. The second-order valence-electron chi connectivity index (χ2n) is 6.62. The molecule has 3 rings (SSSR count). The molecule has 3 aromatic rings. The van der Waals surface area contributed by atoms with E-state index in [1.807, 2.05) is 0 Å². The third-order valence-corrected chi connectivity index (χ3v) is 4.60. The summed E-state index contributed by atoms with van der Waals surface area (Å²) >= 11 is 5.79. The van der Waals surface area contributed by atoms with Gasteiger partial charge in [0.05, 0.1) is 40.4 Å². The maximum absolute atomic E-state index is 12.9. The number of nitrogens with one attached hydrogen (secondary N) is 1. The van der Waals surface area contributed by atoms with Crippen LogP contribution in [0.1, 0.15) is 28.9 Å². The van der Waals surface area contributed by atoms with Crippen molar-refractivity contribution in [3.8, 4) is 0 Å². The molecule has 1 aromatic carbocycles. The second kappa shape index (κ2) is 8.28. The number of aryl methyl sites for hydroxylation is 2. The smallest absolute Gasteiger partial charge is 0.323 e. The van der Waals surface area contributed by atoms with E-state index in [9.17, 15) is 18.0 Å². The SMILES string of the molecule is Cc1nn(Cc2cccc(C(F)(F)F)c2)c(C)c1NC(=O)CCn1cc(Cl)cn1. The van der Waals surface area contributed by atoms with E-state index < -0.39 is 11.7 Å². The number of alkyl halides is 3. The number of hydrogen-bond donors (Lipinski definition) is 1. The molecule has 29 heavy (non-hydrogen) atoms. The monoisotopic (exact) mass is 425 g/mol. The normalized spacial score (nSPS) is 11.7. The van der Waals surface area contributed by atoms with Crippen LogP contribution in [0.3, 0.4) is 0 Å². The zero-order valence-corrected chi connectivity index (χ0v) is 16.6. The Kier molecular flexibility index (Phi) is 5.97. The van der Waals surface area contributed by atoms with Crippen molar-refractivity contribution >= 4 is 23.2 Å². The Bertz CT molecular complexity index is 1030. The number of carbonyl (C=O) groups is 1. The summed E-state index contributed by atoms with van der Waals surface area (Å²) in [5.74, 6) is -0.221. The summed E-state index contributed by atoms with van der Waals surface area (Å²) in [6.07, 6.45) is -1.09. The van der Waals surface area contributed by atoms with Crippen LogP contribution < -0.4 is 5.32 Å². The van der Waals surface area contributed by atoms with Crippen molar-refractivity contribution in [3.05, 3.63) is 64.2 Å².